The zero-order valence-electron chi connectivity index (χ0n) is 13.2. The van der Waals surface area contributed by atoms with E-state index in [1.165, 1.54) is 4.70 Å². The Balaban J connectivity index is 1.70. The molecule has 0 atom stereocenters. The van der Waals surface area contributed by atoms with Gasteiger partial charge in [0.2, 0.25) is 0 Å². The molecule has 3 rings (SSSR count). The predicted molar refractivity (Wildman–Crippen MR) is 89.7 cm³/mol. The predicted octanol–water partition coefficient (Wildman–Crippen LogP) is 4.81. The molecule has 1 aliphatic rings. The number of benzene rings is 1. The molecular formula is C18H25NOS. The Morgan fingerprint density at radius 1 is 1.24 bits per heavy atom. The molecule has 3 heteroatoms. The molecule has 0 radical (unpaired) electrons. The van der Waals surface area contributed by atoms with Gasteiger partial charge in [-0.25, -0.2) is 4.98 Å². The van der Waals surface area contributed by atoms with E-state index in [9.17, 15) is 5.11 Å². The van der Waals surface area contributed by atoms with Crippen LogP contribution < -0.4 is 0 Å². The maximum Gasteiger partial charge on any atom is 0.0967 e. The van der Waals surface area contributed by atoms with E-state index < -0.39 is 5.60 Å². The first-order chi connectivity index (χ1) is 9.86. The van der Waals surface area contributed by atoms with Gasteiger partial charge in [0.1, 0.15) is 0 Å². The molecule has 1 heterocycles. The molecular weight excluding hydrogens is 278 g/mol. The van der Waals surface area contributed by atoms with Gasteiger partial charge in [-0.2, -0.15) is 0 Å². The largest absolute Gasteiger partial charge is 0.389 e. The summed E-state index contributed by atoms with van der Waals surface area (Å²) < 4.78 is 1.22. The van der Waals surface area contributed by atoms with Crippen molar-refractivity contribution in [3.05, 3.63) is 29.3 Å². The smallest absolute Gasteiger partial charge is 0.0967 e. The van der Waals surface area contributed by atoms with Crippen LogP contribution >= 0.6 is 11.3 Å². The zero-order chi connectivity index (χ0) is 15.1. The second-order valence-electron chi connectivity index (χ2n) is 7.62. The molecule has 0 unspecified atom stereocenters. The van der Waals surface area contributed by atoms with Crippen LogP contribution in [0.2, 0.25) is 0 Å². The molecule has 2 aromatic rings. The molecule has 0 aliphatic heterocycles. The minimum atomic E-state index is -0.546. The van der Waals surface area contributed by atoms with Crippen molar-refractivity contribution in [1.29, 1.82) is 0 Å². The van der Waals surface area contributed by atoms with Crippen molar-refractivity contribution < 1.29 is 5.11 Å². The van der Waals surface area contributed by atoms with Crippen LogP contribution in [0, 0.1) is 11.3 Å². The lowest BCUT2D eigenvalue weighted by Crippen LogP contribution is -2.39. The topological polar surface area (TPSA) is 33.1 Å². The van der Waals surface area contributed by atoms with Gasteiger partial charge in [0.15, 0.2) is 0 Å². The van der Waals surface area contributed by atoms with Crippen LogP contribution in [0.4, 0.5) is 0 Å². The third-order valence-corrected chi connectivity index (χ3v) is 6.00. The van der Waals surface area contributed by atoms with Crippen LogP contribution in [0.25, 0.3) is 10.2 Å². The number of hydrogen-bond donors (Lipinski definition) is 1. The average molecular weight is 303 g/mol. The van der Waals surface area contributed by atoms with Crippen LogP contribution in [0.5, 0.6) is 0 Å². The summed E-state index contributed by atoms with van der Waals surface area (Å²) in [6, 6.07) is 8.23. The Bertz CT molecular complexity index is 584. The normalized spacial score (nSPS) is 27.1. The first-order valence-corrected chi connectivity index (χ1v) is 8.74. The summed E-state index contributed by atoms with van der Waals surface area (Å²) in [5.41, 5.74) is 0.872. The fraction of sp³-hybridized carbons (Fsp3) is 0.611. The summed E-state index contributed by atoms with van der Waals surface area (Å²) in [6.45, 7) is 6.95. The maximum absolute atomic E-state index is 10.9. The van der Waals surface area contributed by atoms with Crippen LogP contribution in [-0.2, 0) is 6.42 Å². The Hall–Kier alpha value is -0.930. The maximum atomic E-state index is 10.9. The monoisotopic (exact) mass is 303 g/mol. The number of aromatic nitrogens is 1. The Morgan fingerprint density at radius 2 is 1.90 bits per heavy atom. The molecule has 0 bridgehead atoms. The molecule has 1 N–H and O–H groups in total. The van der Waals surface area contributed by atoms with Gasteiger partial charge in [-0.1, -0.05) is 32.9 Å². The zero-order valence-corrected chi connectivity index (χ0v) is 14.0. The van der Waals surface area contributed by atoms with Crippen molar-refractivity contribution in [3.8, 4) is 0 Å². The molecule has 1 aliphatic carbocycles. The number of rotatable bonds is 2. The minimum absolute atomic E-state index is 0.358. The number of thiazole rings is 1. The van der Waals surface area contributed by atoms with Crippen LogP contribution in [-0.4, -0.2) is 15.7 Å². The fourth-order valence-electron chi connectivity index (χ4n) is 3.47. The summed E-state index contributed by atoms with van der Waals surface area (Å²) in [7, 11) is 0. The molecule has 0 amide bonds. The SMILES string of the molecule is CC(C)(C)C1CCC(O)(Cc2nc3ccccc3s2)CC1. The van der Waals surface area contributed by atoms with Crippen molar-refractivity contribution >= 4 is 21.6 Å². The molecule has 1 aromatic carbocycles. The lowest BCUT2D eigenvalue weighted by Gasteiger charge is -2.41. The highest BCUT2D eigenvalue weighted by Crippen LogP contribution is 2.42. The van der Waals surface area contributed by atoms with Gasteiger partial charge in [0.05, 0.1) is 20.8 Å². The summed E-state index contributed by atoms with van der Waals surface area (Å²) in [5, 5.41) is 12.0. The van der Waals surface area contributed by atoms with E-state index in [2.05, 4.69) is 37.9 Å². The number of nitrogens with zero attached hydrogens (tertiary/aromatic N) is 1. The Kier molecular flexibility index (Phi) is 3.83. The highest BCUT2D eigenvalue weighted by Gasteiger charge is 2.37. The molecule has 0 saturated heterocycles. The van der Waals surface area contributed by atoms with Crippen LogP contribution in [0.15, 0.2) is 24.3 Å². The van der Waals surface area contributed by atoms with E-state index >= 15 is 0 Å². The van der Waals surface area contributed by atoms with Gasteiger partial charge >= 0.3 is 0 Å². The lowest BCUT2D eigenvalue weighted by molar-refractivity contribution is -0.0245. The lowest BCUT2D eigenvalue weighted by atomic mass is 9.68. The second kappa shape index (κ2) is 5.36. The summed E-state index contributed by atoms with van der Waals surface area (Å²) in [4.78, 5) is 4.68. The van der Waals surface area contributed by atoms with E-state index in [1.807, 2.05) is 12.1 Å². The second-order valence-corrected chi connectivity index (χ2v) is 8.73. The minimum Gasteiger partial charge on any atom is -0.389 e. The Morgan fingerprint density at radius 3 is 2.52 bits per heavy atom. The standard InChI is InChI=1S/C18H25NOS/c1-17(2,3)13-8-10-18(20,11-9-13)12-16-19-14-6-4-5-7-15(14)21-16/h4-7,13,20H,8-12H2,1-3H3. The van der Waals surface area contributed by atoms with E-state index in [0.29, 0.717) is 11.8 Å². The van der Waals surface area contributed by atoms with Crippen LogP contribution in [0.1, 0.15) is 51.5 Å². The molecule has 114 valence electrons. The third kappa shape index (κ3) is 3.29. The van der Waals surface area contributed by atoms with Crippen molar-refractivity contribution in [2.24, 2.45) is 11.3 Å². The van der Waals surface area contributed by atoms with Crippen molar-refractivity contribution in [1.82, 2.24) is 4.98 Å². The van der Waals surface area contributed by atoms with E-state index in [0.717, 1.165) is 42.1 Å². The third-order valence-electron chi connectivity index (χ3n) is 4.96. The van der Waals surface area contributed by atoms with Crippen molar-refractivity contribution in [2.75, 3.05) is 0 Å². The summed E-state index contributed by atoms with van der Waals surface area (Å²) in [5.74, 6) is 0.730. The fourth-order valence-corrected chi connectivity index (χ4v) is 4.58. The van der Waals surface area contributed by atoms with Crippen molar-refractivity contribution in [2.45, 2.75) is 58.5 Å². The number of hydrogen-bond acceptors (Lipinski definition) is 3. The molecule has 21 heavy (non-hydrogen) atoms. The number of aliphatic hydroxyl groups is 1. The highest BCUT2D eigenvalue weighted by molar-refractivity contribution is 7.18. The molecule has 1 aromatic heterocycles. The molecule has 1 saturated carbocycles. The van der Waals surface area contributed by atoms with Gasteiger partial charge in [0.25, 0.3) is 0 Å². The van der Waals surface area contributed by atoms with Crippen LogP contribution in [0.3, 0.4) is 0 Å². The first-order valence-electron chi connectivity index (χ1n) is 7.93. The van der Waals surface area contributed by atoms with E-state index in [1.54, 1.807) is 11.3 Å². The van der Waals surface area contributed by atoms with Gasteiger partial charge in [0, 0.05) is 6.42 Å². The Labute approximate surface area is 131 Å². The first kappa shape index (κ1) is 15.0. The van der Waals surface area contributed by atoms with Gasteiger partial charge in [-0.05, 0) is 49.1 Å². The van der Waals surface area contributed by atoms with Gasteiger partial charge < -0.3 is 5.11 Å². The summed E-state index contributed by atoms with van der Waals surface area (Å²) in [6.07, 6.45) is 4.79. The van der Waals surface area contributed by atoms with Gasteiger partial charge in [-0.3, -0.25) is 0 Å². The van der Waals surface area contributed by atoms with Crippen molar-refractivity contribution in [3.63, 3.8) is 0 Å². The summed E-state index contributed by atoms with van der Waals surface area (Å²) >= 11 is 1.72. The molecule has 2 nitrogen and oxygen atoms in total. The van der Waals surface area contributed by atoms with E-state index in [-0.39, 0.29) is 0 Å². The number of para-hydroxylation sites is 1. The highest BCUT2D eigenvalue weighted by atomic mass is 32.1. The quantitative estimate of drug-likeness (QED) is 0.864. The number of fused-ring (bicyclic) bond motifs is 1. The molecule has 0 spiro atoms. The van der Waals surface area contributed by atoms with Gasteiger partial charge in [-0.15, -0.1) is 11.3 Å². The molecule has 1 fully saturated rings. The van der Waals surface area contributed by atoms with E-state index in [4.69, 9.17) is 0 Å². The average Bonchev–Trinajstić information content (AvgIpc) is 2.79.